The Morgan fingerprint density at radius 2 is 1.82 bits per heavy atom. The van der Waals surface area contributed by atoms with Gasteiger partial charge in [0.1, 0.15) is 10.6 Å². The Morgan fingerprint density at radius 1 is 1.14 bits per heavy atom. The number of furan rings is 1. The number of carbonyl (C=O) groups excluding carboxylic acids is 1. The quantitative estimate of drug-likeness (QED) is 0.442. The fourth-order valence-corrected chi connectivity index (χ4v) is 2.71. The maximum Gasteiger partial charge on any atom is 0.433 e. The zero-order chi connectivity index (χ0) is 20.1. The molecule has 2 N–H and O–H groups in total. The van der Waals surface area contributed by atoms with Crippen LogP contribution in [0.1, 0.15) is 10.4 Å². The van der Waals surface area contributed by atoms with E-state index in [1.807, 2.05) is 6.07 Å². The maximum absolute atomic E-state index is 13.0. The number of aliphatic hydroxyl groups excluding tert-OH is 2. The molecular formula is C18H18N4O6. The molecule has 3 aromatic rings. The van der Waals surface area contributed by atoms with E-state index in [-0.39, 0.29) is 43.3 Å². The van der Waals surface area contributed by atoms with Crippen LogP contribution in [-0.2, 0) is 0 Å². The summed E-state index contributed by atoms with van der Waals surface area (Å²) in [6.45, 7) is -0.512. The first-order valence-electron chi connectivity index (χ1n) is 8.46. The number of hydrogen-bond donors (Lipinski definition) is 2. The van der Waals surface area contributed by atoms with Gasteiger partial charge in [-0.2, -0.15) is 5.10 Å². The molecule has 146 valence electrons. The molecule has 3 rings (SSSR count). The van der Waals surface area contributed by atoms with Crippen LogP contribution in [0.2, 0.25) is 0 Å². The topological polar surface area (TPSA) is 135 Å². The van der Waals surface area contributed by atoms with Gasteiger partial charge in [-0.1, -0.05) is 18.2 Å². The smallest absolute Gasteiger partial charge is 0.399 e. The minimum absolute atomic E-state index is 0.0215. The summed E-state index contributed by atoms with van der Waals surface area (Å²) in [7, 11) is 0. The highest BCUT2D eigenvalue weighted by Crippen LogP contribution is 2.29. The summed E-state index contributed by atoms with van der Waals surface area (Å²) in [5, 5.41) is 33.7. The predicted molar refractivity (Wildman–Crippen MR) is 98.0 cm³/mol. The van der Waals surface area contributed by atoms with Crippen LogP contribution < -0.4 is 0 Å². The fourth-order valence-electron chi connectivity index (χ4n) is 2.71. The zero-order valence-electron chi connectivity index (χ0n) is 14.8. The van der Waals surface area contributed by atoms with Crippen molar-refractivity contribution in [3.05, 3.63) is 64.3 Å². The zero-order valence-corrected chi connectivity index (χ0v) is 14.8. The number of nitrogens with zero attached hydrogens (tertiary/aromatic N) is 4. The molecule has 0 bridgehead atoms. The van der Waals surface area contributed by atoms with Crippen molar-refractivity contribution >= 4 is 11.8 Å². The molecule has 2 aromatic heterocycles. The van der Waals surface area contributed by atoms with Crippen molar-refractivity contribution in [2.75, 3.05) is 26.3 Å². The minimum atomic E-state index is -0.678. The number of amides is 1. The van der Waals surface area contributed by atoms with Gasteiger partial charge in [0, 0.05) is 19.3 Å². The predicted octanol–water partition coefficient (Wildman–Crippen LogP) is 1.47. The van der Waals surface area contributed by atoms with E-state index >= 15 is 0 Å². The molecule has 0 saturated carbocycles. The molecular weight excluding hydrogens is 368 g/mol. The third kappa shape index (κ3) is 3.92. The highest BCUT2D eigenvalue weighted by Gasteiger charge is 2.26. The van der Waals surface area contributed by atoms with Gasteiger partial charge in [-0.25, -0.2) is 4.68 Å². The van der Waals surface area contributed by atoms with Crippen LogP contribution >= 0.6 is 0 Å². The summed E-state index contributed by atoms with van der Waals surface area (Å²) in [4.78, 5) is 24.5. The van der Waals surface area contributed by atoms with Crippen molar-refractivity contribution in [3.8, 4) is 17.1 Å². The van der Waals surface area contributed by atoms with Crippen LogP contribution in [0.3, 0.4) is 0 Å². The molecule has 0 spiro atoms. The first-order valence-corrected chi connectivity index (χ1v) is 8.46. The Kier molecular flexibility index (Phi) is 5.82. The average molecular weight is 386 g/mol. The van der Waals surface area contributed by atoms with E-state index in [4.69, 9.17) is 4.42 Å². The second-order valence-electron chi connectivity index (χ2n) is 5.81. The molecule has 0 fully saturated rings. The second kappa shape index (κ2) is 8.46. The van der Waals surface area contributed by atoms with Gasteiger partial charge in [0.25, 0.3) is 5.91 Å². The van der Waals surface area contributed by atoms with Gasteiger partial charge >= 0.3 is 5.88 Å². The lowest BCUT2D eigenvalue weighted by Crippen LogP contribution is -2.36. The summed E-state index contributed by atoms with van der Waals surface area (Å²) in [5.74, 6) is -0.887. The summed E-state index contributed by atoms with van der Waals surface area (Å²) < 4.78 is 6.69. The van der Waals surface area contributed by atoms with E-state index in [1.54, 1.807) is 24.3 Å². The van der Waals surface area contributed by atoms with Gasteiger partial charge in [-0.15, -0.1) is 0 Å². The molecule has 0 radical (unpaired) electrons. The van der Waals surface area contributed by atoms with Crippen molar-refractivity contribution in [1.82, 2.24) is 14.7 Å². The van der Waals surface area contributed by atoms with Gasteiger partial charge in [0.2, 0.25) is 0 Å². The van der Waals surface area contributed by atoms with E-state index in [0.717, 1.165) is 0 Å². The number of aliphatic hydroxyl groups is 2. The van der Waals surface area contributed by atoms with E-state index in [9.17, 15) is 25.1 Å². The lowest BCUT2D eigenvalue weighted by molar-refractivity contribution is -0.401. The van der Waals surface area contributed by atoms with E-state index in [0.29, 0.717) is 5.69 Å². The van der Waals surface area contributed by atoms with Crippen LogP contribution in [-0.4, -0.2) is 62.0 Å². The highest BCUT2D eigenvalue weighted by atomic mass is 16.6. The summed E-state index contributed by atoms with van der Waals surface area (Å²) >= 11 is 0. The molecule has 10 heteroatoms. The summed E-state index contributed by atoms with van der Waals surface area (Å²) in [6.07, 6.45) is 1.49. The third-order valence-electron chi connectivity index (χ3n) is 4.00. The third-order valence-corrected chi connectivity index (χ3v) is 4.00. The molecule has 0 unspecified atom stereocenters. The molecule has 0 aliphatic heterocycles. The minimum Gasteiger partial charge on any atom is -0.399 e. The van der Waals surface area contributed by atoms with Crippen LogP contribution in [0.4, 0.5) is 5.88 Å². The molecule has 1 aromatic carbocycles. The van der Waals surface area contributed by atoms with Crippen LogP contribution in [0.25, 0.3) is 17.1 Å². The Bertz CT molecular complexity index is 960. The van der Waals surface area contributed by atoms with Crippen molar-refractivity contribution in [2.45, 2.75) is 0 Å². The average Bonchev–Trinajstić information content (AvgIpc) is 3.35. The number of benzene rings is 1. The standard InChI is InChI=1S/C18H18N4O6/c23-10-8-20(9-11-24)18(25)14-12-21(13-4-2-1-3-5-13)19-17(14)15-6-7-16(28-15)22(26)27/h1-7,12,23-24H,8-11H2. The van der Waals surface area contributed by atoms with Gasteiger partial charge in [-0.05, 0) is 18.2 Å². The van der Waals surface area contributed by atoms with E-state index in [2.05, 4.69) is 5.10 Å². The number of hydrogen-bond acceptors (Lipinski definition) is 7. The van der Waals surface area contributed by atoms with Gasteiger partial charge in [-0.3, -0.25) is 14.9 Å². The van der Waals surface area contributed by atoms with Crippen molar-refractivity contribution < 1.29 is 24.3 Å². The normalized spacial score (nSPS) is 10.8. The number of rotatable bonds is 8. The molecule has 1 amide bonds. The molecule has 0 aliphatic carbocycles. The Hall–Kier alpha value is -3.50. The number of para-hydroxylation sites is 1. The lowest BCUT2D eigenvalue weighted by atomic mass is 10.2. The molecule has 0 atom stereocenters. The number of carbonyl (C=O) groups is 1. The molecule has 0 aliphatic rings. The maximum atomic E-state index is 13.0. The van der Waals surface area contributed by atoms with Crippen LogP contribution in [0.15, 0.2) is 53.1 Å². The Labute approximate surface area is 159 Å². The number of nitro groups is 1. The molecule has 2 heterocycles. The van der Waals surface area contributed by atoms with E-state index in [1.165, 1.54) is 27.9 Å². The highest BCUT2D eigenvalue weighted by molar-refractivity contribution is 5.99. The van der Waals surface area contributed by atoms with Crippen molar-refractivity contribution in [2.24, 2.45) is 0 Å². The lowest BCUT2D eigenvalue weighted by Gasteiger charge is -2.20. The van der Waals surface area contributed by atoms with E-state index < -0.39 is 16.7 Å². The monoisotopic (exact) mass is 386 g/mol. The molecule has 10 nitrogen and oxygen atoms in total. The summed E-state index contributed by atoms with van der Waals surface area (Å²) in [5.41, 5.74) is 0.942. The molecule has 28 heavy (non-hydrogen) atoms. The largest absolute Gasteiger partial charge is 0.433 e. The number of aromatic nitrogens is 2. The van der Waals surface area contributed by atoms with Crippen LogP contribution in [0.5, 0.6) is 0 Å². The second-order valence-corrected chi connectivity index (χ2v) is 5.81. The first-order chi connectivity index (χ1) is 13.5. The summed E-state index contributed by atoms with van der Waals surface area (Å²) in [6, 6.07) is 11.6. The van der Waals surface area contributed by atoms with Gasteiger partial charge in [0.15, 0.2) is 5.76 Å². The van der Waals surface area contributed by atoms with Crippen molar-refractivity contribution in [3.63, 3.8) is 0 Å². The van der Waals surface area contributed by atoms with Gasteiger partial charge in [0.05, 0.1) is 30.5 Å². The SMILES string of the molecule is O=C(c1cn(-c2ccccc2)nc1-c1ccc([N+](=O)[O-])o1)N(CCO)CCO. The Morgan fingerprint density at radius 3 is 2.39 bits per heavy atom. The first kappa shape index (κ1) is 19.3. The van der Waals surface area contributed by atoms with Crippen molar-refractivity contribution in [1.29, 1.82) is 0 Å². The Balaban J connectivity index is 2.09. The molecule has 0 saturated heterocycles. The van der Waals surface area contributed by atoms with Gasteiger partial charge < -0.3 is 19.5 Å². The fraction of sp³-hybridized carbons (Fsp3) is 0.222. The van der Waals surface area contributed by atoms with Crippen LogP contribution in [0, 0.1) is 10.1 Å².